The predicted octanol–water partition coefficient (Wildman–Crippen LogP) is 4.02. The van der Waals surface area contributed by atoms with Crippen LogP contribution in [0.2, 0.25) is 5.02 Å². The number of thiophene rings is 1. The van der Waals surface area contributed by atoms with Crippen LogP contribution in [0.25, 0.3) is 0 Å². The molecule has 0 aliphatic carbocycles. The van der Waals surface area contributed by atoms with Crippen molar-refractivity contribution in [2.75, 3.05) is 12.4 Å². The number of nitrogens with one attached hydrogen (secondary N) is 1. The smallest absolute Gasteiger partial charge is 0.137 e. The summed E-state index contributed by atoms with van der Waals surface area (Å²) in [5.74, 6) is 0.697. The van der Waals surface area contributed by atoms with Crippen LogP contribution in [0.1, 0.15) is 5.56 Å². The van der Waals surface area contributed by atoms with Gasteiger partial charge in [-0.2, -0.15) is 11.3 Å². The van der Waals surface area contributed by atoms with Crippen LogP contribution in [0.15, 0.2) is 35.0 Å². The molecule has 16 heavy (non-hydrogen) atoms. The summed E-state index contributed by atoms with van der Waals surface area (Å²) < 4.78 is 5.09. The second kappa shape index (κ2) is 5.23. The molecular formula is C12H12ClNOS. The van der Waals surface area contributed by atoms with Crippen LogP contribution in [-0.2, 0) is 6.54 Å². The van der Waals surface area contributed by atoms with Crippen LogP contribution >= 0.6 is 22.9 Å². The number of benzene rings is 1. The third-order valence-corrected chi connectivity index (χ3v) is 3.26. The van der Waals surface area contributed by atoms with Gasteiger partial charge in [-0.3, -0.25) is 0 Å². The highest BCUT2D eigenvalue weighted by atomic mass is 35.5. The first-order chi connectivity index (χ1) is 7.79. The van der Waals surface area contributed by atoms with Crippen LogP contribution in [0.4, 0.5) is 5.69 Å². The minimum Gasteiger partial charge on any atom is -0.495 e. The number of rotatable bonds is 4. The molecule has 0 saturated carbocycles. The van der Waals surface area contributed by atoms with Gasteiger partial charge in [0.2, 0.25) is 0 Å². The summed E-state index contributed by atoms with van der Waals surface area (Å²) in [5, 5.41) is 8.12. The van der Waals surface area contributed by atoms with Crippen LogP contribution < -0.4 is 10.1 Å². The van der Waals surface area contributed by atoms with Crippen LogP contribution in [0.3, 0.4) is 0 Å². The summed E-state index contributed by atoms with van der Waals surface area (Å²) in [7, 11) is 1.61. The molecule has 0 bridgehead atoms. The van der Waals surface area contributed by atoms with Gasteiger partial charge >= 0.3 is 0 Å². The summed E-state index contributed by atoms with van der Waals surface area (Å²) in [6.07, 6.45) is 0. The Morgan fingerprint density at radius 3 is 2.88 bits per heavy atom. The van der Waals surface area contributed by atoms with E-state index in [0.717, 1.165) is 12.2 Å². The minimum atomic E-state index is 0.623. The van der Waals surface area contributed by atoms with E-state index in [0.29, 0.717) is 10.8 Å². The monoisotopic (exact) mass is 253 g/mol. The van der Waals surface area contributed by atoms with Crippen molar-refractivity contribution in [3.63, 3.8) is 0 Å². The van der Waals surface area contributed by atoms with E-state index < -0.39 is 0 Å². The number of hydrogen-bond acceptors (Lipinski definition) is 3. The third-order valence-electron chi connectivity index (χ3n) is 2.23. The molecule has 0 amide bonds. The maximum Gasteiger partial charge on any atom is 0.137 e. The summed E-state index contributed by atoms with van der Waals surface area (Å²) in [5.41, 5.74) is 2.27. The van der Waals surface area contributed by atoms with Crippen molar-refractivity contribution in [3.05, 3.63) is 45.6 Å². The fourth-order valence-corrected chi connectivity index (χ4v) is 2.30. The Balaban J connectivity index is 2.02. The molecule has 2 rings (SSSR count). The second-order valence-corrected chi connectivity index (χ2v) is 4.52. The average Bonchev–Trinajstić information content (AvgIpc) is 2.79. The molecule has 2 aromatic rings. The Labute approximate surface area is 104 Å². The number of halogens is 1. The lowest BCUT2D eigenvalue weighted by atomic mass is 10.2. The molecule has 0 aliphatic heterocycles. The zero-order valence-electron chi connectivity index (χ0n) is 8.87. The molecule has 0 spiro atoms. The van der Waals surface area contributed by atoms with Crippen molar-refractivity contribution in [1.82, 2.24) is 0 Å². The van der Waals surface area contributed by atoms with Gasteiger partial charge in [-0.05, 0) is 40.6 Å². The highest BCUT2D eigenvalue weighted by molar-refractivity contribution is 7.07. The molecule has 1 heterocycles. The van der Waals surface area contributed by atoms with E-state index >= 15 is 0 Å². The first-order valence-electron chi connectivity index (χ1n) is 4.88. The molecule has 0 unspecified atom stereocenters. The Hall–Kier alpha value is -1.19. The van der Waals surface area contributed by atoms with Gasteiger partial charge in [-0.15, -0.1) is 0 Å². The summed E-state index contributed by atoms with van der Waals surface area (Å²) in [6, 6.07) is 7.78. The fraction of sp³-hybridized carbons (Fsp3) is 0.167. The van der Waals surface area contributed by atoms with Crippen molar-refractivity contribution in [1.29, 1.82) is 0 Å². The summed E-state index contributed by atoms with van der Waals surface area (Å²) in [6.45, 7) is 0.812. The maximum absolute atomic E-state index is 6.03. The molecule has 0 aliphatic rings. The Bertz CT molecular complexity index is 456. The van der Waals surface area contributed by atoms with E-state index in [-0.39, 0.29) is 0 Å². The number of hydrogen-bond donors (Lipinski definition) is 1. The first kappa shape index (κ1) is 11.3. The van der Waals surface area contributed by atoms with Crippen molar-refractivity contribution in [3.8, 4) is 5.75 Å². The quantitative estimate of drug-likeness (QED) is 0.889. The third kappa shape index (κ3) is 2.68. The molecule has 0 saturated heterocycles. The van der Waals surface area contributed by atoms with E-state index in [9.17, 15) is 0 Å². The van der Waals surface area contributed by atoms with E-state index in [4.69, 9.17) is 16.3 Å². The average molecular weight is 254 g/mol. The predicted molar refractivity (Wildman–Crippen MR) is 69.6 cm³/mol. The summed E-state index contributed by atoms with van der Waals surface area (Å²) in [4.78, 5) is 0. The molecule has 0 radical (unpaired) electrons. The van der Waals surface area contributed by atoms with Gasteiger partial charge in [0.15, 0.2) is 0 Å². The van der Waals surface area contributed by atoms with Gasteiger partial charge in [-0.1, -0.05) is 11.6 Å². The molecular weight excluding hydrogens is 242 g/mol. The van der Waals surface area contributed by atoms with Crippen LogP contribution in [0.5, 0.6) is 5.75 Å². The van der Waals surface area contributed by atoms with E-state index in [2.05, 4.69) is 22.1 Å². The van der Waals surface area contributed by atoms with E-state index in [1.165, 1.54) is 5.56 Å². The standard InChI is InChI=1S/C12H12ClNOS/c1-15-12-3-2-10(6-11(12)13)14-7-9-4-5-16-8-9/h2-6,8,14H,7H2,1H3. The highest BCUT2D eigenvalue weighted by Gasteiger charge is 2.01. The van der Waals surface area contributed by atoms with Gasteiger partial charge in [-0.25, -0.2) is 0 Å². The minimum absolute atomic E-state index is 0.623. The zero-order valence-corrected chi connectivity index (χ0v) is 10.4. The molecule has 1 aromatic carbocycles. The van der Waals surface area contributed by atoms with Crippen molar-refractivity contribution in [2.24, 2.45) is 0 Å². The van der Waals surface area contributed by atoms with E-state index in [1.807, 2.05) is 18.2 Å². The van der Waals surface area contributed by atoms with Crippen molar-refractivity contribution < 1.29 is 4.74 Å². The van der Waals surface area contributed by atoms with Gasteiger partial charge < -0.3 is 10.1 Å². The maximum atomic E-state index is 6.03. The second-order valence-electron chi connectivity index (χ2n) is 3.33. The highest BCUT2D eigenvalue weighted by Crippen LogP contribution is 2.27. The molecule has 4 heteroatoms. The molecule has 1 aromatic heterocycles. The molecule has 2 nitrogen and oxygen atoms in total. The SMILES string of the molecule is COc1ccc(NCc2ccsc2)cc1Cl. The molecule has 84 valence electrons. The van der Waals surface area contributed by atoms with Crippen molar-refractivity contribution in [2.45, 2.75) is 6.54 Å². The molecule has 1 N–H and O–H groups in total. The van der Waals surface area contributed by atoms with Gasteiger partial charge in [0.1, 0.15) is 5.75 Å². The number of methoxy groups -OCH3 is 1. The largest absolute Gasteiger partial charge is 0.495 e. The zero-order chi connectivity index (χ0) is 11.4. The Morgan fingerprint density at radius 1 is 1.38 bits per heavy atom. The summed E-state index contributed by atoms with van der Waals surface area (Å²) >= 11 is 7.73. The molecule has 0 fully saturated rings. The van der Waals surface area contributed by atoms with Crippen molar-refractivity contribution >= 4 is 28.6 Å². The first-order valence-corrected chi connectivity index (χ1v) is 6.20. The lowest BCUT2D eigenvalue weighted by Crippen LogP contribution is -1.98. The fourth-order valence-electron chi connectivity index (χ4n) is 1.37. The number of ether oxygens (including phenoxy) is 1. The van der Waals surface area contributed by atoms with Gasteiger partial charge in [0, 0.05) is 12.2 Å². The Kier molecular flexibility index (Phi) is 3.70. The van der Waals surface area contributed by atoms with Gasteiger partial charge in [0.05, 0.1) is 12.1 Å². The topological polar surface area (TPSA) is 21.3 Å². The van der Waals surface area contributed by atoms with E-state index in [1.54, 1.807) is 18.4 Å². The van der Waals surface area contributed by atoms with Crippen LogP contribution in [0, 0.1) is 0 Å². The van der Waals surface area contributed by atoms with Gasteiger partial charge in [0.25, 0.3) is 0 Å². The lowest BCUT2D eigenvalue weighted by Gasteiger charge is -2.08. The van der Waals surface area contributed by atoms with Crippen LogP contribution in [-0.4, -0.2) is 7.11 Å². The number of anilines is 1. The molecule has 0 atom stereocenters. The normalized spacial score (nSPS) is 10.1. The Morgan fingerprint density at radius 2 is 2.25 bits per heavy atom. The lowest BCUT2D eigenvalue weighted by molar-refractivity contribution is 0.415.